The van der Waals surface area contributed by atoms with Gasteiger partial charge in [0.1, 0.15) is 17.9 Å². The highest BCUT2D eigenvalue weighted by Crippen LogP contribution is 2.47. The Kier molecular flexibility index (Phi) is 10.5. The van der Waals surface area contributed by atoms with Gasteiger partial charge in [-0.05, 0) is 32.9 Å². The standard InChI is InChI=1S/C27H34N3O11P/c1-7-27(35)22(40-23(32)16(2)3)20(39-25(27)30-14-13-21(31)28-26(30)34)15-37-42(36,41-19-11-9-8-10-12-19)29-18(6)24(33)38-17(4)5/h1,8-14,16-18,20,22,25,35H,15H2,2-6H3,(H,29,36)(H,28,31,34)/t18-,20+,22?,25-,27+,42?/m0/s1. The molecular formula is C27H34N3O11P. The Morgan fingerprint density at radius 1 is 1.17 bits per heavy atom. The van der Waals surface area contributed by atoms with Gasteiger partial charge in [0.2, 0.25) is 5.60 Å². The van der Waals surface area contributed by atoms with E-state index in [2.05, 4.69) is 11.0 Å². The lowest BCUT2D eigenvalue weighted by atomic mass is 9.94. The second kappa shape index (κ2) is 13.5. The van der Waals surface area contributed by atoms with Crippen LogP contribution in [0.2, 0.25) is 0 Å². The van der Waals surface area contributed by atoms with E-state index < -0.39 is 79.6 Å². The maximum Gasteiger partial charge on any atom is 0.459 e. The number of H-pyrrole nitrogens is 1. The number of benzene rings is 1. The third kappa shape index (κ3) is 7.76. The van der Waals surface area contributed by atoms with Crippen molar-refractivity contribution in [2.45, 2.75) is 70.8 Å². The molecule has 15 heteroatoms. The maximum absolute atomic E-state index is 13.9. The highest BCUT2D eigenvalue weighted by atomic mass is 31.2. The van der Waals surface area contributed by atoms with Gasteiger partial charge in [-0.2, -0.15) is 5.09 Å². The number of ether oxygens (including phenoxy) is 3. The van der Waals surface area contributed by atoms with Crippen molar-refractivity contribution in [2.24, 2.45) is 5.92 Å². The Morgan fingerprint density at radius 2 is 1.83 bits per heavy atom. The Balaban J connectivity index is 1.97. The molecule has 1 aromatic heterocycles. The molecule has 1 aliphatic heterocycles. The minimum atomic E-state index is -4.41. The second-order valence-electron chi connectivity index (χ2n) is 10.1. The molecule has 1 fully saturated rings. The van der Waals surface area contributed by atoms with Gasteiger partial charge in [0.25, 0.3) is 5.56 Å². The number of nitrogens with one attached hydrogen (secondary N) is 2. The van der Waals surface area contributed by atoms with Crippen molar-refractivity contribution in [3.8, 4) is 18.1 Å². The van der Waals surface area contributed by atoms with Crippen LogP contribution in [0, 0.1) is 18.3 Å². The lowest BCUT2D eigenvalue weighted by Gasteiger charge is -2.30. The van der Waals surface area contributed by atoms with Crippen LogP contribution in [0.4, 0.5) is 0 Å². The summed E-state index contributed by atoms with van der Waals surface area (Å²) in [5.74, 6) is 0.117. The van der Waals surface area contributed by atoms with Gasteiger partial charge in [0, 0.05) is 12.3 Å². The zero-order chi connectivity index (χ0) is 31.2. The Labute approximate surface area is 241 Å². The predicted octanol–water partition coefficient (Wildman–Crippen LogP) is 1.50. The second-order valence-corrected chi connectivity index (χ2v) is 11.8. The summed E-state index contributed by atoms with van der Waals surface area (Å²) in [5.41, 5.74) is -4.11. The zero-order valence-corrected chi connectivity index (χ0v) is 24.6. The molecule has 0 radical (unpaired) electrons. The summed E-state index contributed by atoms with van der Waals surface area (Å²) in [7, 11) is -4.41. The molecule has 2 aromatic rings. The molecule has 3 rings (SSSR count). The van der Waals surface area contributed by atoms with E-state index in [9.17, 15) is 28.8 Å². The molecule has 0 amide bonds. The van der Waals surface area contributed by atoms with E-state index in [4.69, 9.17) is 29.7 Å². The Hall–Kier alpha value is -3.73. The van der Waals surface area contributed by atoms with Gasteiger partial charge in [0.15, 0.2) is 12.3 Å². The van der Waals surface area contributed by atoms with Crippen molar-refractivity contribution >= 4 is 19.7 Å². The topological polar surface area (TPSA) is 184 Å². The highest BCUT2D eigenvalue weighted by molar-refractivity contribution is 7.52. The number of aliphatic hydroxyl groups is 1. The van der Waals surface area contributed by atoms with Crippen LogP contribution >= 0.6 is 7.75 Å². The van der Waals surface area contributed by atoms with Crippen molar-refractivity contribution in [3.63, 3.8) is 0 Å². The van der Waals surface area contributed by atoms with Crippen molar-refractivity contribution in [1.82, 2.24) is 14.6 Å². The summed E-state index contributed by atoms with van der Waals surface area (Å²) in [6.07, 6.45) is 1.56. The molecule has 14 nitrogen and oxygen atoms in total. The minimum Gasteiger partial charge on any atom is -0.462 e. The normalized spacial score (nSPS) is 24.0. The Morgan fingerprint density at radius 3 is 2.40 bits per heavy atom. The molecule has 1 aromatic carbocycles. The molecule has 2 unspecified atom stereocenters. The van der Waals surface area contributed by atoms with Crippen molar-refractivity contribution < 1.29 is 42.5 Å². The van der Waals surface area contributed by atoms with E-state index in [1.165, 1.54) is 19.1 Å². The number of terminal acetylenes is 1. The van der Waals surface area contributed by atoms with Gasteiger partial charge in [-0.15, -0.1) is 6.42 Å². The summed E-state index contributed by atoms with van der Waals surface area (Å²) < 4.78 is 42.6. The number of carbonyl (C=O) groups excluding carboxylic acids is 2. The number of carbonyl (C=O) groups is 2. The minimum absolute atomic E-state index is 0.130. The first-order chi connectivity index (χ1) is 19.7. The van der Waals surface area contributed by atoms with Gasteiger partial charge in [-0.25, -0.2) is 9.36 Å². The van der Waals surface area contributed by atoms with Gasteiger partial charge < -0.3 is 23.8 Å². The number of hydrogen-bond acceptors (Lipinski definition) is 11. The van der Waals surface area contributed by atoms with E-state index in [-0.39, 0.29) is 5.75 Å². The van der Waals surface area contributed by atoms with Gasteiger partial charge in [-0.1, -0.05) is 38.0 Å². The molecule has 0 bridgehead atoms. The molecule has 0 spiro atoms. The number of esters is 2. The fraction of sp³-hybridized carbons (Fsp3) is 0.481. The van der Waals surface area contributed by atoms with E-state index >= 15 is 0 Å². The molecule has 6 atom stereocenters. The van der Waals surface area contributed by atoms with Crippen LogP contribution in [0.15, 0.2) is 52.2 Å². The first-order valence-corrected chi connectivity index (χ1v) is 14.6. The van der Waals surface area contributed by atoms with Crippen LogP contribution in [0.1, 0.15) is 40.8 Å². The van der Waals surface area contributed by atoms with Gasteiger partial charge in [0.05, 0.1) is 18.6 Å². The monoisotopic (exact) mass is 607 g/mol. The summed E-state index contributed by atoms with van der Waals surface area (Å²) in [6, 6.07) is 7.80. The van der Waals surface area contributed by atoms with E-state index in [1.54, 1.807) is 45.9 Å². The summed E-state index contributed by atoms with van der Waals surface area (Å²) in [6.45, 7) is 7.11. The number of aromatic amines is 1. The van der Waals surface area contributed by atoms with Crippen molar-refractivity contribution in [2.75, 3.05) is 6.61 Å². The maximum atomic E-state index is 13.9. The molecular weight excluding hydrogens is 573 g/mol. The van der Waals surface area contributed by atoms with Crippen LogP contribution in [-0.2, 0) is 32.9 Å². The third-order valence-electron chi connectivity index (χ3n) is 5.94. The number of rotatable bonds is 12. The molecule has 0 aliphatic carbocycles. The third-order valence-corrected chi connectivity index (χ3v) is 7.58. The number of nitrogens with zero attached hydrogens (tertiary/aromatic N) is 1. The summed E-state index contributed by atoms with van der Waals surface area (Å²) in [4.78, 5) is 51.2. The van der Waals surface area contributed by atoms with Crippen LogP contribution in [0.25, 0.3) is 0 Å². The van der Waals surface area contributed by atoms with E-state index in [1.807, 2.05) is 4.98 Å². The molecule has 42 heavy (non-hydrogen) atoms. The first-order valence-electron chi connectivity index (χ1n) is 13.0. The summed E-state index contributed by atoms with van der Waals surface area (Å²) >= 11 is 0. The fourth-order valence-corrected chi connectivity index (χ4v) is 5.37. The first kappa shape index (κ1) is 32.8. The largest absolute Gasteiger partial charge is 0.462 e. The SMILES string of the molecule is C#C[C@@]1(O)C(OC(=O)C(C)C)[C@@H](COP(=O)(N[C@@H](C)C(=O)OC(C)C)Oc2ccccc2)O[C@@H]1n1ccc(=O)[nH]c1=O. The van der Waals surface area contributed by atoms with Gasteiger partial charge in [-0.3, -0.25) is 28.5 Å². The smallest absolute Gasteiger partial charge is 0.459 e. The molecule has 3 N–H and O–H groups in total. The molecule has 0 saturated carbocycles. The number of para-hydroxylation sites is 1. The Bertz CT molecular complexity index is 1470. The number of aromatic nitrogens is 2. The summed E-state index contributed by atoms with van der Waals surface area (Å²) in [5, 5.41) is 14.0. The van der Waals surface area contributed by atoms with Crippen molar-refractivity contribution in [1.29, 1.82) is 0 Å². The lowest BCUT2D eigenvalue weighted by molar-refractivity contribution is -0.164. The molecule has 228 valence electrons. The highest BCUT2D eigenvalue weighted by Gasteiger charge is 2.59. The van der Waals surface area contributed by atoms with Crippen LogP contribution < -0.4 is 20.9 Å². The van der Waals surface area contributed by atoms with Crippen LogP contribution in [-0.4, -0.2) is 63.2 Å². The molecule has 1 saturated heterocycles. The van der Waals surface area contributed by atoms with Crippen LogP contribution in [0.5, 0.6) is 5.75 Å². The van der Waals surface area contributed by atoms with E-state index in [0.29, 0.717) is 0 Å². The molecule has 1 aliphatic rings. The quantitative estimate of drug-likeness (QED) is 0.180. The fourth-order valence-electron chi connectivity index (χ4n) is 3.87. The zero-order valence-electron chi connectivity index (χ0n) is 23.7. The van der Waals surface area contributed by atoms with Gasteiger partial charge >= 0.3 is 25.4 Å². The average molecular weight is 608 g/mol. The number of hydrogen-bond donors (Lipinski definition) is 3. The lowest BCUT2D eigenvalue weighted by Crippen LogP contribution is -2.50. The average Bonchev–Trinajstić information content (AvgIpc) is 3.19. The van der Waals surface area contributed by atoms with Crippen LogP contribution in [0.3, 0.4) is 0 Å². The van der Waals surface area contributed by atoms with Crippen molar-refractivity contribution in [3.05, 3.63) is 63.4 Å². The predicted molar refractivity (Wildman–Crippen MR) is 148 cm³/mol. The molecule has 2 heterocycles. The van der Waals surface area contributed by atoms with E-state index in [0.717, 1.165) is 16.8 Å².